The van der Waals surface area contributed by atoms with Gasteiger partial charge in [-0.05, 0) is 34.8 Å². The lowest BCUT2D eigenvalue weighted by Gasteiger charge is -2.16. The Morgan fingerprint density at radius 3 is 2.96 bits per heavy atom. The first kappa shape index (κ1) is 17.3. The lowest BCUT2D eigenvalue weighted by molar-refractivity contribution is 0.296. The second kappa shape index (κ2) is 7.13. The first-order valence-electron chi connectivity index (χ1n) is 6.65. The molecule has 3 rings (SSSR count). The summed E-state index contributed by atoms with van der Waals surface area (Å²) in [7, 11) is 0. The molecule has 0 spiro atoms. The Bertz CT molecular complexity index is 916. The molecule has 2 heterocycles. The number of hydrogen-bond donors (Lipinski definition) is 2. The van der Waals surface area contributed by atoms with Crippen LogP contribution in [0.1, 0.15) is 11.4 Å². The molecule has 0 bridgehead atoms. The molecule has 0 radical (unpaired) electrons. The summed E-state index contributed by atoms with van der Waals surface area (Å²) in [6.07, 6.45) is 1.80. The van der Waals surface area contributed by atoms with Gasteiger partial charge in [-0.3, -0.25) is 10.6 Å². The maximum atomic E-state index is 13.2. The molecule has 3 aromatic rings. The Kier molecular flexibility index (Phi) is 4.92. The molecule has 13 heteroatoms. The average Bonchev–Trinajstić information content (AvgIpc) is 3.25. The standard InChI is InChI=1S/C12H10ClFN8O2S/c1-25-12-16-20-21(17-12)5-9-10(19-24-18-9)11(15)22(23)6-2-3-8(14)7(13)4-6/h2-4,15,23H,5H2,1H3. The molecular weight excluding hydrogens is 375 g/mol. The number of rotatable bonds is 5. The van der Waals surface area contributed by atoms with Gasteiger partial charge in [0.15, 0.2) is 11.5 Å². The zero-order valence-electron chi connectivity index (χ0n) is 12.6. The highest BCUT2D eigenvalue weighted by molar-refractivity contribution is 7.98. The van der Waals surface area contributed by atoms with Gasteiger partial charge in [0, 0.05) is 0 Å². The molecule has 2 aromatic heterocycles. The topological polar surface area (TPSA) is 130 Å². The number of amidine groups is 1. The van der Waals surface area contributed by atoms with Crippen LogP contribution in [0.2, 0.25) is 5.02 Å². The van der Waals surface area contributed by atoms with E-state index in [-0.39, 0.29) is 28.6 Å². The summed E-state index contributed by atoms with van der Waals surface area (Å²) in [5.41, 5.74) is 0.252. The summed E-state index contributed by atoms with van der Waals surface area (Å²) >= 11 is 7.00. The van der Waals surface area contributed by atoms with Crippen molar-refractivity contribution < 1.29 is 14.2 Å². The normalized spacial score (nSPS) is 10.9. The maximum absolute atomic E-state index is 13.2. The van der Waals surface area contributed by atoms with E-state index in [9.17, 15) is 9.60 Å². The second-order valence-electron chi connectivity index (χ2n) is 4.62. The van der Waals surface area contributed by atoms with Crippen LogP contribution in [-0.4, -0.2) is 47.8 Å². The second-order valence-corrected chi connectivity index (χ2v) is 5.81. The van der Waals surface area contributed by atoms with Crippen molar-refractivity contribution in [1.82, 2.24) is 30.5 Å². The van der Waals surface area contributed by atoms with Gasteiger partial charge in [-0.2, -0.15) is 4.80 Å². The van der Waals surface area contributed by atoms with E-state index in [0.29, 0.717) is 10.2 Å². The fourth-order valence-electron chi connectivity index (χ4n) is 1.85. The number of hydrogen-bond acceptors (Lipinski definition) is 9. The van der Waals surface area contributed by atoms with Crippen LogP contribution in [0.5, 0.6) is 0 Å². The van der Waals surface area contributed by atoms with Crippen LogP contribution in [0.25, 0.3) is 0 Å². The van der Waals surface area contributed by atoms with E-state index >= 15 is 0 Å². The fraction of sp³-hybridized carbons (Fsp3) is 0.167. The third-order valence-corrected chi connectivity index (χ3v) is 3.87. The molecule has 0 amide bonds. The first-order chi connectivity index (χ1) is 12.0. The Balaban J connectivity index is 1.82. The molecule has 2 N–H and O–H groups in total. The number of nitrogens with zero attached hydrogens (tertiary/aromatic N) is 7. The molecule has 10 nitrogen and oxygen atoms in total. The molecule has 0 aliphatic heterocycles. The maximum Gasteiger partial charge on any atom is 0.230 e. The number of halogens is 2. The summed E-state index contributed by atoms with van der Waals surface area (Å²) in [4.78, 5) is 1.25. The van der Waals surface area contributed by atoms with Crippen LogP contribution in [0, 0.1) is 11.2 Å². The van der Waals surface area contributed by atoms with Gasteiger partial charge >= 0.3 is 0 Å². The van der Waals surface area contributed by atoms with E-state index in [2.05, 4.69) is 30.4 Å². The van der Waals surface area contributed by atoms with Crippen LogP contribution in [0.4, 0.5) is 10.1 Å². The number of hydroxylamine groups is 1. The van der Waals surface area contributed by atoms with Crippen molar-refractivity contribution >= 4 is 34.9 Å². The van der Waals surface area contributed by atoms with Crippen LogP contribution in [0.3, 0.4) is 0 Å². The van der Waals surface area contributed by atoms with Gasteiger partial charge < -0.3 is 0 Å². The Morgan fingerprint density at radius 1 is 1.48 bits per heavy atom. The molecule has 0 unspecified atom stereocenters. The SMILES string of the molecule is CSc1nnn(Cc2nonc2C(=N)N(O)c2ccc(F)c(Cl)c2)n1. The van der Waals surface area contributed by atoms with Gasteiger partial charge in [0.2, 0.25) is 5.16 Å². The van der Waals surface area contributed by atoms with Gasteiger partial charge in [0.25, 0.3) is 0 Å². The van der Waals surface area contributed by atoms with Crippen LogP contribution in [-0.2, 0) is 6.54 Å². The lowest BCUT2D eigenvalue weighted by atomic mass is 10.2. The highest BCUT2D eigenvalue weighted by Crippen LogP contribution is 2.23. The lowest BCUT2D eigenvalue weighted by Crippen LogP contribution is -2.28. The predicted molar refractivity (Wildman–Crippen MR) is 85.5 cm³/mol. The van der Waals surface area contributed by atoms with E-state index < -0.39 is 11.7 Å². The monoisotopic (exact) mass is 384 g/mol. The van der Waals surface area contributed by atoms with Gasteiger partial charge in [-0.15, -0.1) is 10.2 Å². The van der Waals surface area contributed by atoms with Crippen LogP contribution < -0.4 is 5.06 Å². The molecule has 0 saturated carbocycles. The van der Waals surface area contributed by atoms with Crippen molar-refractivity contribution in [3.63, 3.8) is 0 Å². The molecule has 1 aromatic carbocycles. The van der Waals surface area contributed by atoms with Crippen molar-refractivity contribution in [2.75, 3.05) is 11.3 Å². The predicted octanol–water partition coefficient (Wildman–Crippen LogP) is 1.84. The highest BCUT2D eigenvalue weighted by atomic mass is 35.5. The molecule has 0 aliphatic carbocycles. The third-order valence-electron chi connectivity index (χ3n) is 3.05. The fourth-order valence-corrected chi connectivity index (χ4v) is 2.32. The van der Waals surface area contributed by atoms with Crippen molar-refractivity contribution in [2.45, 2.75) is 11.7 Å². The molecule has 130 valence electrons. The summed E-state index contributed by atoms with van der Waals surface area (Å²) < 4.78 is 17.9. The number of aromatic nitrogens is 6. The number of thioether (sulfide) groups is 1. The third kappa shape index (κ3) is 3.60. The van der Waals surface area contributed by atoms with Crippen LogP contribution in [0.15, 0.2) is 28.0 Å². The Morgan fingerprint density at radius 2 is 2.28 bits per heavy atom. The van der Waals surface area contributed by atoms with E-state index in [1.165, 1.54) is 28.7 Å². The molecule has 0 fully saturated rings. The van der Waals surface area contributed by atoms with Crippen molar-refractivity contribution in [1.29, 1.82) is 5.41 Å². The smallest absolute Gasteiger partial charge is 0.230 e. The number of nitrogens with one attached hydrogen (secondary N) is 1. The van der Waals surface area contributed by atoms with E-state index in [4.69, 9.17) is 17.0 Å². The summed E-state index contributed by atoms with van der Waals surface area (Å²) in [6, 6.07) is 3.49. The average molecular weight is 385 g/mol. The number of tetrazole rings is 1. The van der Waals surface area contributed by atoms with Gasteiger partial charge in [-0.1, -0.05) is 28.5 Å². The first-order valence-corrected chi connectivity index (χ1v) is 8.26. The molecule has 0 atom stereocenters. The zero-order chi connectivity index (χ0) is 18.0. The summed E-state index contributed by atoms with van der Waals surface area (Å²) in [5.74, 6) is -1.08. The minimum atomic E-state index is -0.643. The quantitative estimate of drug-likeness (QED) is 0.293. The van der Waals surface area contributed by atoms with Gasteiger partial charge in [0.1, 0.15) is 18.1 Å². The van der Waals surface area contributed by atoms with Crippen molar-refractivity contribution in [2.24, 2.45) is 0 Å². The molecular formula is C12H10ClFN8O2S. The minimum absolute atomic E-state index is 0.0345. The summed E-state index contributed by atoms with van der Waals surface area (Å²) in [5, 5.41) is 38.0. The Hall–Kier alpha value is -2.57. The Labute approximate surface area is 149 Å². The molecule has 0 aliphatic rings. The van der Waals surface area contributed by atoms with E-state index in [1.807, 2.05) is 0 Å². The molecule has 0 saturated heterocycles. The largest absolute Gasteiger partial charge is 0.282 e. The van der Waals surface area contributed by atoms with Gasteiger partial charge in [0.05, 0.1) is 10.7 Å². The van der Waals surface area contributed by atoms with Gasteiger partial charge in [-0.25, -0.2) is 14.1 Å². The van der Waals surface area contributed by atoms with Crippen molar-refractivity contribution in [3.8, 4) is 0 Å². The number of anilines is 1. The number of benzene rings is 1. The van der Waals surface area contributed by atoms with E-state index in [0.717, 1.165) is 6.07 Å². The minimum Gasteiger partial charge on any atom is -0.282 e. The van der Waals surface area contributed by atoms with Crippen molar-refractivity contribution in [3.05, 3.63) is 40.4 Å². The summed E-state index contributed by atoms with van der Waals surface area (Å²) in [6.45, 7) is 0.0345. The highest BCUT2D eigenvalue weighted by Gasteiger charge is 2.22. The molecule has 25 heavy (non-hydrogen) atoms. The van der Waals surface area contributed by atoms with Crippen LogP contribution >= 0.6 is 23.4 Å². The van der Waals surface area contributed by atoms with E-state index in [1.54, 1.807) is 6.26 Å². The zero-order valence-corrected chi connectivity index (χ0v) is 14.2.